The number of ether oxygens (including phenoxy) is 2. The van der Waals surface area contributed by atoms with Gasteiger partial charge in [-0.15, -0.1) is 0 Å². The molecule has 228 valence electrons. The zero-order valence-electron chi connectivity index (χ0n) is 26.1. The maximum absolute atomic E-state index is 11.9. The summed E-state index contributed by atoms with van der Waals surface area (Å²) in [5.74, 6) is -0.222. The molecule has 2 aromatic rings. The van der Waals surface area contributed by atoms with Crippen molar-refractivity contribution >= 4 is 45.5 Å². The van der Waals surface area contributed by atoms with Crippen LogP contribution in [0.25, 0.3) is 21.6 Å². The third-order valence-corrected chi connectivity index (χ3v) is 17.4. The maximum Gasteiger partial charge on any atom is 0.319 e. The van der Waals surface area contributed by atoms with Gasteiger partial charge in [0.25, 0.3) is 0 Å². The first kappa shape index (κ1) is 32.9. The summed E-state index contributed by atoms with van der Waals surface area (Å²) in [7, 11) is -3.44. The molecular weight excluding hydrogens is 563 g/mol. The molecule has 0 aromatic carbocycles. The molecule has 1 fully saturated rings. The quantitative estimate of drug-likeness (QED) is 0.125. The van der Waals surface area contributed by atoms with Crippen LogP contribution in [0.5, 0.6) is 0 Å². The number of nitrogen functional groups attached to an aromatic ring is 1. The van der Waals surface area contributed by atoms with Gasteiger partial charge in [-0.05, 0) is 46.9 Å². The van der Waals surface area contributed by atoms with Crippen LogP contribution in [0.4, 0.5) is 11.8 Å². The number of imidazole rings is 1. The maximum atomic E-state index is 11.9. The second-order valence-electron chi connectivity index (χ2n) is 13.4. The Morgan fingerprint density at radius 2 is 1.71 bits per heavy atom. The Labute approximate surface area is 243 Å². The van der Waals surface area contributed by atoms with Crippen LogP contribution in [0.15, 0.2) is 11.4 Å². The monoisotopic (exact) mass is 607 g/mol. The number of nitrogens with zero attached hydrogens (tertiary/aromatic N) is 7. The Kier molecular flexibility index (Phi) is 9.59. The molecule has 1 aliphatic heterocycles. The highest BCUT2D eigenvalue weighted by atomic mass is 28.4. The van der Waals surface area contributed by atoms with Crippen molar-refractivity contribution in [1.82, 2.24) is 24.8 Å². The summed E-state index contributed by atoms with van der Waals surface area (Å²) in [5.41, 5.74) is 16.1. The van der Waals surface area contributed by atoms with Gasteiger partial charge in [0.1, 0.15) is 24.6 Å². The Morgan fingerprint density at radius 1 is 1.12 bits per heavy atom. The first-order valence-electron chi connectivity index (χ1n) is 13.7. The van der Waals surface area contributed by atoms with Gasteiger partial charge in [-0.1, -0.05) is 41.5 Å². The van der Waals surface area contributed by atoms with Gasteiger partial charge in [0.2, 0.25) is 5.95 Å². The molecule has 0 radical (unpaired) electrons. The summed E-state index contributed by atoms with van der Waals surface area (Å²) in [5, 5.41) is 6.75. The van der Waals surface area contributed by atoms with Crippen molar-refractivity contribution in [2.24, 2.45) is 5.11 Å². The fourth-order valence-electron chi connectivity index (χ4n) is 4.03. The fraction of sp³-hybridized carbons (Fsp3) is 0.760. The third-order valence-electron chi connectivity index (χ3n) is 8.48. The van der Waals surface area contributed by atoms with Crippen molar-refractivity contribution in [3.8, 4) is 0 Å². The van der Waals surface area contributed by atoms with E-state index in [-0.39, 0.29) is 34.9 Å². The van der Waals surface area contributed by atoms with E-state index < -0.39 is 47.1 Å². The highest BCUT2D eigenvalue weighted by molar-refractivity contribution is 6.74. The Hall–Kier alpha value is -2.60. The van der Waals surface area contributed by atoms with Gasteiger partial charge in [-0.3, -0.25) is 9.36 Å². The standard InChI is InChI=1S/C25H45N9O5Si2/c1-24(2,3)40(8,9)38-18-15(12-28-13-16(35)36-7)37-22(19(18)39-41(10,11)25(4,5)6)34-21-17(20(26)29-14-30-21)31-23(34)32-33-27/h14-15,18-19,22,28H,12-13H2,1-11H3,(H2,26,29,30)/t15-,18+,19?,22-/m1/s1. The topological polar surface area (TPSA) is 184 Å². The van der Waals surface area contributed by atoms with E-state index in [9.17, 15) is 10.3 Å². The number of rotatable bonds is 10. The molecule has 14 nitrogen and oxygen atoms in total. The number of anilines is 1. The van der Waals surface area contributed by atoms with Crippen molar-refractivity contribution in [1.29, 1.82) is 0 Å². The minimum Gasteiger partial charge on any atom is -0.468 e. The van der Waals surface area contributed by atoms with E-state index in [4.69, 9.17) is 24.1 Å². The number of nitrogens with two attached hydrogens (primary N) is 1. The molecule has 3 rings (SSSR count). The number of nitrogens with one attached hydrogen (secondary N) is 1. The molecular formula is C25H45N9O5Si2. The van der Waals surface area contributed by atoms with Gasteiger partial charge in [-0.25, -0.2) is 15.0 Å². The largest absolute Gasteiger partial charge is 0.468 e. The second-order valence-corrected chi connectivity index (χ2v) is 22.9. The molecule has 2 aromatic heterocycles. The molecule has 1 unspecified atom stereocenters. The van der Waals surface area contributed by atoms with Gasteiger partial charge in [0.05, 0.1) is 13.7 Å². The number of aromatic nitrogens is 4. The molecule has 4 atom stereocenters. The van der Waals surface area contributed by atoms with E-state index in [1.165, 1.54) is 13.4 Å². The summed E-state index contributed by atoms with van der Waals surface area (Å²) in [6, 6.07) is 0. The molecule has 3 N–H and O–H groups in total. The van der Waals surface area contributed by atoms with Crippen molar-refractivity contribution < 1.29 is 23.1 Å². The van der Waals surface area contributed by atoms with Crippen LogP contribution in [-0.2, 0) is 23.1 Å². The van der Waals surface area contributed by atoms with E-state index in [0.29, 0.717) is 11.2 Å². The van der Waals surface area contributed by atoms with Crippen molar-refractivity contribution in [3.63, 3.8) is 0 Å². The lowest BCUT2D eigenvalue weighted by Gasteiger charge is -2.44. The van der Waals surface area contributed by atoms with Crippen LogP contribution in [-0.4, -0.2) is 80.6 Å². The Bertz CT molecular complexity index is 1300. The second kappa shape index (κ2) is 12.0. The van der Waals surface area contributed by atoms with E-state index in [2.05, 4.69) is 98.0 Å². The van der Waals surface area contributed by atoms with Crippen LogP contribution < -0.4 is 11.1 Å². The number of carbonyl (C=O) groups is 1. The molecule has 1 saturated heterocycles. The van der Waals surface area contributed by atoms with Crippen LogP contribution in [0.2, 0.25) is 36.3 Å². The summed E-state index contributed by atoms with van der Waals surface area (Å²) in [6.07, 6.45) is -1.20. The molecule has 3 heterocycles. The van der Waals surface area contributed by atoms with E-state index in [0.717, 1.165) is 0 Å². The molecule has 41 heavy (non-hydrogen) atoms. The molecule has 1 aliphatic rings. The molecule has 0 aliphatic carbocycles. The lowest BCUT2D eigenvalue weighted by molar-refractivity contribution is -0.139. The zero-order chi connectivity index (χ0) is 31.0. The number of hydrogen-bond donors (Lipinski definition) is 2. The van der Waals surface area contributed by atoms with Gasteiger partial charge in [0.15, 0.2) is 39.8 Å². The van der Waals surface area contributed by atoms with Gasteiger partial charge < -0.3 is 29.4 Å². The van der Waals surface area contributed by atoms with Crippen molar-refractivity contribution in [2.75, 3.05) is 25.9 Å². The van der Waals surface area contributed by atoms with Crippen LogP contribution in [0.1, 0.15) is 47.8 Å². The summed E-state index contributed by atoms with van der Waals surface area (Å²) in [4.78, 5) is 27.8. The normalized spacial score (nSPS) is 22.1. The predicted octanol–water partition coefficient (Wildman–Crippen LogP) is 4.79. The summed E-state index contributed by atoms with van der Waals surface area (Å²) < 4.78 is 27.3. The first-order valence-corrected chi connectivity index (χ1v) is 19.5. The molecule has 0 bridgehead atoms. The minimum atomic E-state index is -2.42. The zero-order valence-corrected chi connectivity index (χ0v) is 28.1. The lowest BCUT2D eigenvalue weighted by atomic mass is 10.1. The first-order chi connectivity index (χ1) is 18.8. The summed E-state index contributed by atoms with van der Waals surface area (Å²) in [6.45, 7) is 22.0. The fourth-order valence-corrected chi connectivity index (χ4v) is 6.63. The van der Waals surface area contributed by atoms with E-state index >= 15 is 0 Å². The number of esters is 1. The average Bonchev–Trinajstić information content (AvgIpc) is 3.36. The van der Waals surface area contributed by atoms with Crippen LogP contribution >= 0.6 is 0 Å². The SMILES string of the molecule is COC(=O)CNC[C@H]1O[C@@H](n2c(N=[N+]=[N-])nc3c(N)ncnc32)C(O[Si](C)(C)C(C)(C)C)[C@H]1O[Si](C)(C)C(C)(C)C. The highest BCUT2D eigenvalue weighted by Crippen LogP contribution is 2.47. The number of carbonyl (C=O) groups excluding carboxylic acids is 1. The Morgan fingerprint density at radius 3 is 2.24 bits per heavy atom. The lowest BCUT2D eigenvalue weighted by Crippen LogP contribution is -2.54. The molecule has 0 saturated carbocycles. The average molecular weight is 608 g/mol. The van der Waals surface area contributed by atoms with Crippen LogP contribution in [0.3, 0.4) is 0 Å². The van der Waals surface area contributed by atoms with Crippen molar-refractivity contribution in [2.45, 2.75) is 102 Å². The number of hydrogen-bond acceptors (Lipinski definition) is 11. The van der Waals surface area contributed by atoms with Gasteiger partial charge in [0, 0.05) is 11.5 Å². The number of methoxy groups -OCH3 is 1. The smallest absolute Gasteiger partial charge is 0.319 e. The van der Waals surface area contributed by atoms with E-state index in [1.54, 1.807) is 4.57 Å². The van der Waals surface area contributed by atoms with Gasteiger partial charge in [-0.2, -0.15) is 0 Å². The Balaban J connectivity index is 2.22. The number of azide groups is 1. The minimum absolute atomic E-state index is 0.00331. The third kappa shape index (κ3) is 6.90. The molecule has 0 spiro atoms. The van der Waals surface area contributed by atoms with Crippen molar-refractivity contribution in [3.05, 3.63) is 16.8 Å². The van der Waals surface area contributed by atoms with Crippen LogP contribution in [0, 0.1) is 0 Å². The predicted molar refractivity (Wildman–Crippen MR) is 161 cm³/mol. The van der Waals surface area contributed by atoms with E-state index in [1.807, 2.05) is 0 Å². The van der Waals surface area contributed by atoms with Gasteiger partial charge >= 0.3 is 5.97 Å². The highest BCUT2D eigenvalue weighted by Gasteiger charge is 2.54. The summed E-state index contributed by atoms with van der Waals surface area (Å²) >= 11 is 0. The molecule has 16 heteroatoms. The molecule has 0 amide bonds. The number of fused-ring (bicyclic) bond motifs is 1.